The molecule has 2 unspecified atom stereocenters. The molecule has 3 aliphatic heterocycles. The smallest absolute Gasteiger partial charge is 0.312 e. The van der Waals surface area contributed by atoms with E-state index in [-0.39, 0.29) is 25.0 Å². The van der Waals surface area contributed by atoms with Crippen LogP contribution in [0.4, 0.5) is 0 Å². The van der Waals surface area contributed by atoms with Crippen LogP contribution in [0.25, 0.3) is 0 Å². The predicted molar refractivity (Wildman–Crippen MR) is 128 cm³/mol. The van der Waals surface area contributed by atoms with Gasteiger partial charge in [0.2, 0.25) is 11.8 Å². The van der Waals surface area contributed by atoms with Gasteiger partial charge in [-0.2, -0.15) is 0 Å². The van der Waals surface area contributed by atoms with Crippen LogP contribution in [0.5, 0.6) is 0 Å². The third-order valence-corrected chi connectivity index (χ3v) is 7.73. The molecule has 0 aliphatic carbocycles. The number of likely N-dealkylation sites (tertiary alicyclic amines) is 1. The van der Waals surface area contributed by atoms with Crippen molar-refractivity contribution < 1.29 is 29.0 Å². The summed E-state index contributed by atoms with van der Waals surface area (Å²) < 4.78 is 12.1. The van der Waals surface area contributed by atoms with Gasteiger partial charge in [-0.25, -0.2) is 0 Å². The van der Waals surface area contributed by atoms with Gasteiger partial charge in [-0.05, 0) is 53.4 Å². The number of aliphatic hydroxyl groups is 1. The molecule has 2 bridgehead atoms. The Morgan fingerprint density at radius 1 is 1.32 bits per heavy atom. The zero-order chi connectivity index (χ0) is 25.5. The first kappa shape index (κ1) is 26.4. The molecule has 1 spiro atoms. The fourth-order valence-electron chi connectivity index (χ4n) is 6.11. The third kappa shape index (κ3) is 3.98. The molecule has 0 aromatic heterocycles. The number of aliphatic hydroxyl groups excluding tert-OH is 1. The highest BCUT2D eigenvalue weighted by Crippen LogP contribution is 2.63. The molecule has 3 aliphatic rings. The molecule has 8 heteroatoms. The molecule has 3 fully saturated rings. The number of amides is 2. The van der Waals surface area contributed by atoms with Crippen molar-refractivity contribution >= 4 is 17.8 Å². The zero-order valence-electron chi connectivity index (χ0n) is 21.2. The van der Waals surface area contributed by atoms with Gasteiger partial charge in [0.25, 0.3) is 0 Å². The van der Waals surface area contributed by atoms with Gasteiger partial charge in [0.05, 0.1) is 30.8 Å². The maximum Gasteiger partial charge on any atom is 0.312 e. The molecule has 3 rings (SSSR count). The maximum atomic E-state index is 14.2. The molecule has 0 aromatic rings. The average Bonchev–Trinajstić information content (AvgIpc) is 3.33. The third-order valence-electron chi connectivity index (χ3n) is 7.73. The SMILES string of the molecule is C=CCCOC(=O)[C@@H]1[C@H]2C(=O)N([C@@H](CC)CO)C(C(=O)N(CC=C)C(C)(C)C)C23CC[C@@]1(C)O3. The van der Waals surface area contributed by atoms with Crippen LogP contribution in [0.1, 0.15) is 60.3 Å². The molecular formula is C26H40N2O6. The highest BCUT2D eigenvalue weighted by atomic mass is 16.6. The van der Waals surface area contributed by atoms with Crippen molar-refractivity contribution in [1.29, 1.82) is 0 Å². The molecular weight excluding hydrogens is 436 g/mol. The van der Waals surface area contributed by atoms with Crippen LogP contribution in [0.15, 0.2) is 25.3 Å². The number of hydrogen-bond donors (Lipinski definition) is 1. The topological polar surface area (TPSA) is 96.4 Å². The number of hydrogen-bond acceptors (Lipinski definition) is 6. The van der Waals surface area contributed by atoms with Crippen LogP contribution in [-0.4, -0.2) is 81.3 Å². The Hall–Kier alpha value is -2.19. The predicted octanol–water partition coefficient (Wildman–Crippen LogP) is 2.45. The van der Waals surface area contributed by atoms with Gasteiger partial charge < -0.3 is 24.4 Å². The van der Waals surface area contributed by atoms with E-state index in [0.29, 0.717) is 32.2 Å². The normalized spacial score (nSPS) is 32.9. The minimum absolute atomic E-state index is 0.181. The van der Waals surface area contributed by atoms with Gasteiger partial charge >= 0.3 is 5.97 Å². The van der Waals surface area contributed by atoms with E-state index in [1.165, 1.54) is 4.90 Å². The van der Waals surface area contributed by atoms with Gasteiger partial charge in [-0.3, -0.25) is 14.4 Å². The molecule has 6 atom stereocenters. The van der Waals surface area contributed by atoms with Gasteiger partial charge in [0, 0.05) is 12.1 Å². The number of rotatable bonds is 10. The van der Waals surface area contributed by atoms with E-state index in [1.54, 1.807) is 17.1 Å². The Kier molecular flexibility index (Phi) is 7.35. The number of fused-ring (bicyclic) bond motifs is 1. The van der Waals surface area contributed by atoms with E-state index in [1.807, 2.05) is 34.6 Å². The largest absolute Gasteiger partial charge is 0.465 e. The first-order chi connectivity index (χ1) is 15.9. The second-order valence-electron chi connectivity index (χ2n) is 10.9. The Balaban J connectivity index is 2.11. The van der Waals surface area contributed by atoms with Crippen molar-refractivity contribution in [2.24, 2.45) is 11.8 Å². The number of ether oxygens (including phenoxy) is 2. The monoisotopic (exact) mass is 476 g/mol. The van der Waals surface area contributed by atoms with Crippen molar-refractivity contribution in [2.75, 3.05) is 19.8 Å². The minimum Gasteiger partial charge on any atom is -0.465 e. The van der Waals surface area contributed by atoms with Crippen molar-refractivity contribution in [3.05, 3.63) is 25.3 Å². The molecule has 8 nitrogen and oxygen atoms in total. The number of carbonyl (C=O) groups is 3. The summed E-state index contributed by atoms with van der Waals surface area (Å²) >= 11 is 0. The maximum absolute atomic E-state index is 14.2. The molecule has 1 N–H and O–H groups in total. The van der Waals surface area contributed by atoms with Gasteiger partial charge in [-0.1, -0.05) is 19.1 Å². The van der Waals surface area contributed by atoms with Gasteiger partial charge in [0.15, 0.2) is 0 Å². The van der Waals surface area contributed by atoms with Crippen LogP contribution in [0, 0.1) is 11.8 Å². The molecule has 190 valence electrons. The van der Waals surface area contributed by atoms with Crippen molar-refractivity contribution in [1.82, 2.24) is 9.80 Å². The van der Waals surface area contributed by atoms with E-state index in [9.17, 15) is 19.5 Å². The second kappa shape index (κ2) is 9.46. The fourth-order valence-corrected chi connectivity index (χ4v) is 6.11. The summed E-state index contributed by atoms with van der Waals surface area (Å²) in [6.07, 6.45) is 5.34. The summed E-state index contributed by atoms with van der Waals surface area (Å²) in [5, 5.41) is 10.1. The summed E-state index contributed by atoms with van der Waals surface area (Å²) in [6, 6.07) is -1.49. The molecule has 0 saturated carbocycles. The van der Waals surface area contributed by atoms with Crippen LogP contribution >= 0.6 is 0 Å². The number of esters is 1. The van der Waals surface area contributed by atoms with Gasteiger partial charge in [0.1, 0.15) is 17.6 Å². The first-order valence-corrected chi connectivity index (χ1v) is 12.3. The van der Waals surface area contributed by atoms with Crippen LogP contribution in [0.3, 0.4) is 0 Å². The van der Waals surface area contributed by atoms with Crippen LogP contribution < -0.4 is 0 Å². The Labute approximate surface area is 202 Å². The van der Waals surface area contributed by atoms with E-state index >= 15 is 0 Å². The van der Waals surface area contributed by atoms with Crippen LogP contribution in [-0.2, 0) is 23.9 Å². The summed E-state index contributed by atoms with van der Waals surface area (Å²) in [4.78, 5) is 44.6. The number of carbonyl (C=O) groups excluding carboxylic acids is 3. The lowest BCUT2D eigenvalue weighted by Crippen LogP contribution is -2.61. The Morgan fingerprint density at radius 2 is 2.00 bits per heavy atom. The lowest BCUT2D eigenvalue weighted by Gasteiger charge is -2.43. The Morgan fingerprint density at radius 3 is 2.53 bits per heavy atom. The summed E-state index contributed by atoms with van der Waals surface area (Å²) in [5.74, 6) is -2.69. The quantitative estimate of drug-likeness (QED) is 0.296. The summed E-state index contributed by atoms with van der Waals surface area (Å²) in [7, 11) is 0. The zero-order valence-corrected chi connectivity index (χ0v) is 21.2. The minimum atomic E-state index is -1.14. The van der Waals surface area contributed by atoms with Gasteiger partial charge in [-0.15, -0.1) is 13.2 Å². The fraction of sp³-hybridized carbons (Fsp3) is 0.731. The van der Waals surface area contributed by atoms with E-state index in [0.717, 1.165) is 0 Å². The number of nitrogens with zero attached hydrogens (tertiary/aromatic N) is 2. The van der Waals surface area contributed by atoms with Crippen molar-refractivity contribution in [3.8, 4) is 0 Å². The van der Waals surface area contributed by atoms with Crippen molar-refractivity contribution in [2.45, 2.75) is 89.1 Å². The van der Waals surface area contributed by atoms with Crippen LogP contribution in [0.2, 0.25) is 0 Å². The van der Waals surface area contributed by atoms with Crippen molar-refractivity contribution in [3.63, 3.8) is 0 Å². The average molecular weight is 477 g/mol. The van der Waals surface area contributed by atoms with E-state index in [4.69, 9.17) is 9.47 Å². The molecule has 2 amide bonds. The highest BCUT2D eigenvalue weighted by molar-refractivity contribution is 5.99. The standard InChI is InChI=1S/C26H40N2O6/c1-8-11-15-33-23(32)19-18-21(30)28(17(10-3)16-29)20(26(18)13-12-25(19,7)34-26)22(31)27(14-9-2)24(4,5)6/h8-9,17-20,29H,1-2,10-16H2,3-7H3/t17-,18-,19-,20?,25+,26?/m0/s1. The summed E-state index contributed by atoms with van der Waals surface area (Å²) in [5.41, 5.74) is -2.56. The van der Waals surface area contributed by atoms with E-state index < -0.39 is 46.6 Å². The lowest BCUT2D eigenvalue weighted by atomic mass is 9.66. The van der Waals surface area contributed by atoms with E-state index in [2.05, 4.69) is 13.2 Å². The lowest BCUT2D eigenvalue weighted by molar-refractivity contribution is -0.163. The Bertz CT molecular complexity index is 847. The molecule has 0 radical (unpaired) electrons. The molecule has 34 heavy (non-hydrogen) atoms. The molecule has 3 heterocycles. The molecule has 3 saturated heterocycles. The highest BCUT2D eigenvalue weighted by Gasteiger charge is 2.79. The molecule has 0 aromatic carbocycles. The summed E-state index contributed by atoms with van der Waals surface area (Å²) in [6.45, 7) is 17.2. The second-order valence-corrected chi connectivity index (χ2v) is 10.9. The first-order valence-electron chi connectivity index (χ1n) is 12.3.